The SMILES string of the molecule is CC(C)(O)c1nccc(-c2cc3c(cn2)CCCCc2cc(OC4COc5cc(F)cnc54)c(Cl)c(=O)n2-3)n1. The molecule has 0 saturated carbocycles. The van der Waals surface area contributed by atoms with Gasteiger partial charge in [-0.05, 0) is 57.2 Å². The molecule has 0 spiro atoms. The van der Waals surface area contributed by atoms with Crippen molar-refractivity contribution in [1.82, 2.24) is 24.5 Å². The van der Waals surface area contributed by atoms with Gasteiger partial charge in [-0.1, -0.05) is 11.6 Å². The maximum atomic E-state index is 13.7. The Kier molecular flexibility index (Phi) is 6.31. The van der Waals surface area contributed by atoms with Gasteiger partial charge in [0.2, 0.25) is 0 Å². The Morgan fingerprint density at radius 3 is 2.77 bits per heavy atom. The topological polar surface area (TPSA) is 112 Å². The van der Waals surface area contributed by atoms with E-state index in [9.17, 15) is 14.3 Å². The first-order valence-electron chi connectivity index (χ1n) is 12.6. The first kappa shape index (κ1) is 25.4. The highest BCUT2D eigenvalue weighted by Crippen LogP contribution is 2.37. The van der Waals surface area contributed by atoms with Crippen molar-refractivity contribution in [3.8, 4) is 28.6 Å². The van der Waals surface area contributed by atoms with Crippen molar-refractivity contribution in [2.24, 2.45) is 0 Å². The highest BCUT2D eigenvalue weighted by atomic mass is 35.5. The normalized spacial score (nSPS) is 16.4. The second-order valence-corrected chi connectivity index (χ2v) is 10.5. The summed E-state index contributed by atoms with van der Waals surface area (Å²) < 4.78 is 26.8. The van der Waals surface area contributed by atoms with Crippen LogP contribution in [0, 0.1) is 5.82 Å². The maximum Gasteiger partial charge on any atom is 0.277 e. The molecule has 1 N–H and O–H groups in total. The molecule has 0 fully saturated rings. The summed E-state index contributed by atoms with van der Waals surface area (Å²) in [7, 11) is 0. The second-order valence-electron chi connectivity index (χ2n) is 10.1. The van der Waals surface area contributed by atoms with Gasteiger partial charge >= 0.3 is 0 Å². The number of rotatable bonds is 4. The van der Waals surface area contributed by atoms with Crippen LogP contribution in [0.25, 0.3) is 17.1 Å². The van der Waals surface area contributed by atoms with Crippen LogP contribution < -0.4 is 15.0 Å². The number of nitrogens with zero attached hydrogens (tertiary/aromatic N) is 5. The molecular formula is C28H25ClFN5O4. The van der Waals surface area contributed by atoms with Crippen LogP contribution in [0.3, 0.4) is 0 Å². The summed E-state index contributed by atoms with van der Waals surface area (Å²) >= 11 is 6.61. The van der Waals surface area contributed by atoms with E-state index >= 15 is 0 Å². The molecule has 0 aliphatic carbocycles. The highest BCUT2D eigenvalue weighted by Gasteiger charge is 2.30. The number of aromatic nitrogens is 5. The molecule has 6 heterocycles. The van der Waals surface area contributed by atoms with E-state index in [1.165, 1.54) is 6.07 Å². The lowest BCUT2D eigenvalue weighted by atomic mass is 10.0. The number of pyridine rings is 3. The number of aryl methyl sites for hydroxylation is 2. The molecule has 2 aliphatic rings. The van der Waals surface area contributed by atoms with Gasteiger partial charge in [-0.25, -0.2) is 14.4 Å². The van der Waals surface area contributed by atoms with Gasteiger partial charge in [0.25, 0.3) is 5.56 Å². The summed E-state index contributed by atoms with van der Waals surface area (Å²) in [6.07, 6.45) is 6.97. The van der Waals surface area contributed by atoms with Crippen molar-refractivity contribution in [2.75, 3.05) is 6.61 Å². The Bertz CT molecular complexity index is 1650. The maximum absolute atomic E-state index is 13.7. The molecule has 4 aromatic heterocycles. The van der Waals surface area contributed by atoms with E-state index in [4.69, 9.17) is 21.1 Å². The zero-order valence-corrected chi connectivity index (χ0v) is 22.1. The predicted octanol–water partition coefficient (Wildman–Crippen LogP) is 4.50. The monoisotopic (exact) mass is 549 g/mol. The third-order valence-corrected chi connectivity index (χ3v) is 7.15. The molecule has 0 bridgehead atoms. The molecule has 1 atom stereocenters. The summed E-state index contributed by atoms with van der Waals surface area (Å²) in [5.74, 6) is 0.302. The van der Waals surface area contributed by atoms with E-state index in [1.54, 1.807) is 42.9 Å². The van der Waals surface area contributed by atoms with Crippen molar-refractivity contribution in [2.45, 2.75) is 51.2 Å². The molecule has 4 aromatic rings. The van der Waals surface area contributed by atoms with Crippen molar-refractivity contribution in [3.63, 3.8) is 0 Å². The third kappa shape index (κ3) is 4.74. The Morgan fingerprint density at radius 1 is 1.13 bits per heavy atom. The summed E-state index contributed by atoms with van der Waals surface area (Å²) in [4.78, 5) is 31.1. The quantitative estimate of drug-likeness (QED) is 0.396. The highest BCUT2D eigenvalue weighted by molar-refractivity contribution is 6.31. The molecule has 39 heavy (non-hydrogen) atoms. The smallest absolute Gasteiger partial charge is 0.277 e. The summed E-state index contributed by atoms with van der Waals surface area (Å²) in [6, 6.07) is 6.56. The second kappa shape index (κ2) is 9.69. The Labute approximate surface area is 228 Å². The minimum absolute atomic E-state index is 0.0782. The summed E-state index contributed by atoms with van der Waals surface area (Å²) in [6.45, 7) is 3.36. The zero-order valence-electron chi connectivity index (χ0n) is 21.3. The predicted molar refractivity (Wildman–Crippen MR) is 141 cm³/mol. The van der Waals surface area contributed by atoms with Gasteiger partial charge in [0.15, 0.2) is 11.9 Å². The molecule has 6 rings (SSSR count). The van der Waals surface area contributed by atoms with Crippen molar-refractivity contribution in [1.29, 1.82) is 0 Å². The van der Waals surface area contributed by atoms with Crippen LogP contribution in [0.5, 0.6) is 11.5 Å². The number of hydrogen-bond donors (Lipinski definition) is 1. The van der Waals surface area contributed by atoms with Gasteiger partial charge in [-0.15, -0.1) is 0 Å². The Balaban J connectivity index is 1.43. The van der Waals surface area contributed by atoms with Crippen molar-refractivity contribution in [3.05, 3.63) is 86.8 Å². The molecule has 11 heteroatoms. The fraction of sp³-hybridized carbons (Fsp3) is 0.321. The van der Waals surface area contributed by atoms with Gasteiger partial charge in [0.1, 0.15) is 40.2 Å². The van der Waals surface area contributed by atoms with E-state index < -0.39 is 23.1 Å². The molecule has 1 unspecified atom stereocenters. The van der Waals surface area contributed by atoms with Gasteiger partial charge in [-0.2, -0.15) is 0 Å². The zero-order chi connectivity index (χ0) is 27.3. The van der Waals surface area contributed by atoms with Gasteiger partial charge in [0, 0.05) is 30.2 Å². The fourth-order valence-electron chi connectivity index (χ4n) is 4.85. The van der Waals surface area contributed by atoms with E-state index in [1.807, 2.05) is 6.07 Å². The number of aliphatic hydroxyl groups is 1. The summed E-state index contributed by atoms with van der Waals surface area (Å²) in [5.41, 5.74) is 2.19. The average molecular weight is 550 g/mol. The van der Waals surface area contributed by atoms with E-state index in [0.29, 0.717) is 34.9 Å². The van der Waals surface area contributed by atoms with Crippen LogP contribution in [0.4, 0.5) is 4.39 Å². The molecule has 0 radical (unpaired) electrons. The molecule has 2 aliphatic heterocycles. The molecular weight excluding hydrogens is 525 g/mol. The molecule has 0 saturated heterocycles. The van der Waals surface area contributed by atoms with Crippen molar-refractivity contribution < 1.29 is 19.0 Å². The first-order valence-corrected chi connectivity index (χ1v) is 13.0. The van der Waals surface area contributed by atoms with Crippen molar-refractivity contribution >= 4 is 11.6 Å². The van der Waals surface area contributed by atoms with E-state index in [2.05, 4.69) is 19.9 Å². The van der Waals surface area contributed by atoms with Crippen LogP contribution in [0.2, 0.25) is 5.02 Å². The standard InChI is InChI=1S/C28H25ClFN5O4/c1-28(2,37)27-31-8-7-18(34-27)19-11-20-15(12-32-19)5-3-4-6-17-10-21(24(29)26(36)35(17)20)39-23-14-38-22-9-16(30)13-33-25(22)23/h7-13,23,37H,3-6,14H2,1-2H3. The Morgan fingerprint density at radius 2 is 1.95 bits per heavy atom. The van der Waals surface area contributed by atoms with Crippen LogP contribution >= 0.6 is 11.6 Å². The lowest BCUT2D eigenvalue weighted by Crippen LogP contribution is -2.26. The van der Waals surface area contributed by atoms with E-state index in [0.717, 1.165) is 36.7 Å². The van der Waals surface area contributed by atoms with Gasteiger partial charge < -0.3 is 14.6 Å². The van der Waals surface area contributed by atoms with Crippen LogP contribution in [0.15, 0.2) is 47.7 Å². The van der Waals surface area contributed by atoms with Crippen LogP contribution in [-0.2, 0) is 18.4 Å². The number of ether oxygens (including phenoxy) is 2. The molecule has 9 nitrogen and oxygen atoms in total. The lowest BCUT2D eigenvalue weighted by Gasteiger charge is -2.22. The minimum atomic E-state index is -1.22. The van der Waals surface area contributed by atoms with Gasteiger partial charge in [-0.3, -0.25) is 19.3 Å². The van der Waals surface area contributed by atoms with Crippen LogP contribution in [0.1, 0.15) is 55.6 Å². The first-order chi connectivity index (χ1) is 18.7. The van der Waals surface area contributed by atoms with E-state index in [-0.39, 0.29) is 23.2 Å². The fourth-order valence-corrected chi connectivity index (χ4v) is 5.04. The number of halogens is 2. The number of hydrogen-bond acceptors (Lipinski definition) is 8. The molecule has 0 aromatic carbocycles. The average Bonchev–Trinajstić information content (AvgIpc) is 3.29. The largest absolute Gasteiger partial charge is 0.487 e. The number of fused-ring (bicyclic) bond motifs is 4. The third-order valence-electron chi connectivity index (χ3n) is 6.80. The van der Waals surface area contributed by atoms with Gasteiger partial charge in [0.05, 0.1) is 23.3 Å². The molecule has 0 amide bonds. The molecule has 200 valence electrons. The Hall–Kier alpha value is -3.89. The lowest BCUT2D eigenvalue weighted by molar-refractivity contribution is 0.0688. The van der Waals surface area contributed by atoms with Crippen LogP contribution in [-0.4, -0.2) is 36.2 Å². The summed E-state index contributed by atoms with van der Waals surface area (Å²) in [5, 5.41) is 10.3. The minimum Gasteiger partial charge on any atom is -0.487 e.